The van der Waals surface area contributed by atoms with E-state index >= 15 is 0 Å². The molecule has 0 spiro atoms. The van der Waals surface area contributed by atoms with E-state index in [4.69, 9.17) is 0 Å². The number of anilines is 1. The van der Waals surface area contributed by atoms with Crippen molar-refractivity contribution in [2.24, 2.45) is 0 Å². The monoisotopic (exact) mass is 298 g/mol. The summed E-state index contributed by atoms with van der Waals surface area (Å²) in [7, 11) is 0. The molecule has 23 heavy (non-hydrogen) atoms. The van der Waals surface area contributed by atoms with Gasteiger partial charge in [-0.05, 0) is 48.7 Å². The lowest BCUT2D eigenvalue weighted by Crippen LogP contribution is -2.13. The van der Waals surface area contributed by atoms with E-state index in [9.17, 15) is 0 Å². The van der Waals surface area contributed by atoms with Crippen molar-refractivity contribution in [2.75, 3.05) is 5.32 Å². The van der Waals surface area contributed by atoms with Crippen LogP contribution in [-0.2, 0) is 0 Å². The number of hydrogen-bond donors (Lipinski definition) is 1. The van der Waals surface area contributed by atoms with Gasteiger partial charge in [0.25, 0.3) is 0 Å². The molecule has 112 valence electrons. The standard InChI is InChI=1S/C21H18N2/c1-14-7-8-19-18(13-14)21(17-9-11-22-12-10-17)20(15(2)23-19)16-5-3-4-6-16/h3,5-13,23H,2,4H2,1H3. The van der Waals surface area contributed by atoms with Gasteiger partial charge < -0.3 is 5.32 Å². The lowest BCUT2D eigenvalue weighted by atomic mass is 9.84. The van der Waals surface area contributed by atoms with Gasteiger partial charge in [0, 0.05) is 40.5 Å². The highest BCUT2D eigenvalue weighted by molar-refractivity contribution is 5.96. The molecule has 1 aromatic heterocycles. The van der Waals surface area contributed by atoms with E-state index in [0.717, 1.165) is 17.8 Å². The van der Waals surface area contributed by atoms with Crippen LogP contribution >= 0.6 is 0 Å². The number of aromatic nitrogens is 1. The predicted molar refractivity (Wildman–Crippen MR) is 96.0 cm³/mol. The van der Waals surface area contributed by atoms with Crippen molar-refractivity contribution in [1.82, 2.24) is 4.98 Å². The first-order chi connectivity index (χ1) is 11.2. The molecule has 0 amide bonds. The maximum Gasteiger partial charge on any atom is 0.0464 e. The summed E-state index contributed by atoms with van der Waals surface area (Å²) < 4.78 is 0. The quantitative estimate of drug-likeness (QED) is 0.842. The number of nitrogens with one attached hydrogen (secondary N) is 1. The number of hydrogen-bond acceptors (Lipinski definition) is 2. The molecule has 1 N–H and O–H groups in total. The summed E-state index contributed by atoms with van der Waals surface area (Å²) in [5.74, 6) is 0. The normalized spacial score (nSPS) is 16.2. The van der Waals surface area contributed by atoms with Crippen LogP contribution in [0, 0.1) is 6.92 Å². The van der Waals surface area contributed by atoms with Gasteiger partial charge in [-0.25, -0.2) is 0 Å². The Kier molecular flexibility index (Phi) is 3.23. The minimum atomic E-state index is 0.950. The second kappa shape index (κ2) is 5.40. The SMILES string of the molecule is C=C1Nc2ccc(C)cc2C(c2ccncc2)=C1C1=CCC=C1. The maximum absolute atomic E-state index is 4.28. The molecule has 0 bridgehead atoms. The van der Waals surface area contributed by atoms with Crippen molar-refractivity contribution in [1.29, 1.82) is 0 Å². The van der Waals surface area contributed by atoms with Crippen LogP contribution in [0.2, 0.25) is 0 Å². The fourth-order valence-corrected chi connectivity index (χ4v) is 3.26. The van der Waals surface area contributed by atoms with Crippen LogP contribution in [0.15, 0.2) is 84.4 Å². The highest BCUT2D eigenvalue weighted by Crippen LogP contribution is 2.43. The average Bonchev–Trinajstić information content (AvgIpc) is 3.09. The Morgan fingerprint density at radius 3 is 2.65 bits per heavy atom. The van der Waals surface area contributed by atoms with Crippen molar-refractivity contribution in [2.45, 2.75) is 13.3 Å². The highest BCUT2D eigenvalue weighted by Gasteiger charge is 2.24. The second-order valence-corrected chi connectivity index (χ2v) is 5.94. The largest absolute Gasteiger partial charge is 0.355 e. The van der Waals surface area contributed by atoms with Crippen LogP contribution in [-0.4, -0.2) is 4.98 Å². The van der Waals surface area contributed by atoms with Gasteiger partial charge >= 0.3 is 0 Å². The molecule has 0 fully saturated rings. The molecular weight excluding hydrogens is 280 g/mol. The van der Waals surface area contributed by atoms with Crippen LogP contribution in [0.5, 0.6) is 0 Å². The van der Waals surface area contributed by atoms with Gasteiger partial charge in [-0.1, -0.05) is 36.4 Å². The molecule has 0 unspecified atom stereocenters. The second-order valence-electron chi connectivity index (χ2n) is 5.94. The highest BCUT2D eigenvalue weighted by atomic mass is 14.9. The Hall–Kier alpha value is -2.87. The van der Waals surface area contributed by atoms with E-state index in [1.54, 1.807) is 0 Å². The van der Waals surface area contributed by atoms with E-state index in [2.05, 4.69) is 72.4 Å². The van der Waals surface area contributed by atoms with E-state index in [-0.39, 0.29) is 0 Å². The minimum absolute atomic E-state index is 0.950. The number of nitrogens with zero attached hydrogens (tertiary/aromatic N) is 1. The molecule has 2 aliphatic rings. The first-order valence-electron chi connectivity index (χ1n) is 7.83. The molecule has 2 aromatic rings. The van der Waals surface area contributed by atoms with Gasteiger partial charge in [-0.3, -0.25) is 4.98 Å². The van der Waals surface area contributed by atoms with Gasteiger partial charge in [-0.2, -0.15) is 0 Å². The van der Waals surface area contributed by atoms with E-state index < -0.39 is 0 Å². The van der Waals surface area contributed by atoms with Gasteiger partial charge in [0.1, 0.15) is 0 Å². The molecule has 0 atom stereocenters. The summed E-state index contributed by atoms with van der Waals surface area (Å²) in [5.41, 5.74) is 9.35. The van der Waals surface area contributed by atoms with Gasteiger partial charge in [0.05, 0.1) is 0 Å². The zero-order chi connectivity index (χ0) is 15.8. The first kappa shape index (κ1) is 13.8. The van der Waals surface area contributed by atoms with Gasteiger partial charge in [0.2, 0.25) is 0 Å². The van der Waals surface area contributed by atoms with Crippen molar-refractivity contribution < 1.29 is 0 Å². The molecule has 2 nitrogen and oxygen atoms in total. The first-order valence-corrected chi connectivity index (χ1v) is 7.83. The molecule has 0 saturated carbocycles. The molecule has 1 aliphatic heterocycles. The molecule has 1 aliphatic carbocycles. The fourth-order valence-electron chi connectivity index (χ4n) is 3.26. The number of fused-ring (bicyclic) bond motifs is 1. The van der Waals surface area contributed by atoms with Crippen molar-refractivity contribution in [3.63, 3.8) is 0 Å². The summed E-state index contributed by atoms with van der Waals surface area (Å²) in [5, 5.41) is 3.47. The lowest BCUT2D eigenvalue weighted by molar-refractivity contribution is 1.28. The molecule has 1 aromatic carbocycles. The van der Waals surface area contributed by atoms with Gasteiger partial charge in [0.15, 0.2) is 0 Å². The Labute approximate surface area is 136 Å². The Morgan fingerprint density at radius 2 is 1.91 bits per heavy atom. The lowest BCUT2D eigenvalue weighted by Gasteiger charge is -2.28. The zero-order valence-corrected chi connectivity index (χ0v) is 13.1. The molecule has 2 heteroatoms. The maximum atomic E-state index is 4.28. The fraction of sp³-hybridized carbons (Fsp3) is 0.0952. The molecule has 0 radical (unpaired) electrons. The third-order valence-corrected chi connectivity index (χ3v) is 4.31. The molecule has 0 saturated heterocycles. The summed E-state index contributed by atoms with van der Waals surface area (Å²) in [4.78, 5) is 4.17. The van der Waals surface area contributed by atoms with E-state index in [1.807, 2.05) is 12.4 Å². The van der Waals surface area contributed by atoms with Crippen LogP contribution in [0.3, 0.4) is 0 Å². The summed E-state index contributed by atoms with van der Waals surface area (Å²) >= 11 is 0. The molecule has 4 rings (SSSR count). The molecular formula is C21H18N2. The Balaban J connectivity index is 2.05. The number of allylic oxidation sites excluding steroid dienone is 4. The average molecular weight is 298 g/mol. The van der Waals surface area contributed by atoms with Crippen LogP contribution in [0.4, 0.5) is 5.69 Å². The predicted octanol–water partition coefficient (Wildman–Crippen LogP) is 5.02. The Bertz CT molecular complexity index is 883. The third kappa shape index (κ3) is 2.33. The smallest absolute Gasteiger partial charge is 0.0464 e. The van der Waals surface area contributed by atoms with Crippen molar-refractivity contribution in [3.8, 4) is 0 Å². The summed E-state index contributed by atoms with van der Waals surface area (Å²) in [6, 6.07) is 10.6. The van der Waals surface area contributed by atoms with Crippen LogP contribution in [0.25, 0.3) is 5.57 Å². The van der Waals surface area contributed by atoms with Crippen molar-refractivity contribution in [3.05, 3.63) is 101 Å². The van der Waals surface area contributed by atoms with Crippen molar-refractivity contribution >= 4 is 11.3 Å². The number of rotatable bonds is 2. The van der Waals surface area contributed by atoms with E-state index in [1.165, 1.54) is 33.4 Å². The zero-order valence-electron chi connectivity index (χ0n) is 13.1. The number of benzene rings is 1. The third-order valence-electron chi connectivity index (χ3n) is 4.31. The summed E-state index contributed by atoms with van der Waals surface area (Å²) in [6.45, 7) is 6.41. The van der Waals surface area contributed by atoms with E-state index in [0.29, 0.717) is 0 Å². The Morgan fingerprint density at radius 1 is 1.09 bits per heavy atom. The topological polar surface area (TPSA) is 24.9 Å². The number of aryl methyl sites for hydroxylation is 1. The van der Waals surface area contributed by atoms with Crippen LogP contribution < -0.4 is 5.32 Å². The minimum Gasteiger partial charge on any atom is -0.355 e. The van der Waals surface area contributed by atoms with Gasteiger partial charge in [-0.15, -0.1) is 0 Å². The summed E-state index contributed by atoms with van der Waals surface area (Å²) in [6.07, 6.45) is 11.3. The molecule has 2 heterocycles. The number of pyridine rings is 1. The van der Waals surface area contributed by atoms with Crippen LogP contribution in [0.1, 0.15) is 23.1 Å².